The van der Waals surface area contributed by atoms with E-state index in [1.54, 1.807) is 0 Å². The molecule has 0 saturated carbocycles. The number of hydrogen-bond donors (Lipinski definition) is 0. The maximum absolute atomic E-state index is 12.7. The van der Waals surface area contributed by atoms with Crippen LogP contribution < -0.4 is 0 Å². The van der Waals surface area contributed by atoms with Crippen molar-refractivity contribution in [1.29, 1.82) is 0 Å². The van der Waals surface area contributed by atoms with Gasteiger partial charge in [-0.1, -0.05) is 233 Å². The van der Waals surface area contributed by atoms with Gasteiger partial charge in [-0.3, -0.25) is 14.4 Å². The van der Waals surface area contributed by atoms with Gasteiger partial charge in [0.1, 0.15) is 13.2 Å². The van der Waals surface area contributed by atoms with Crippen LogP contribution in [0.15, 0.2) is 0 Å². The van der Waals surface area contributed by atoms with E-state index in [4.69, 9.17) is 14.2 Å². The van der Waals surface area contributed by atoms with E-state index >= 15 is 0 Å². The van der Waals surface area contributed by atoms with Gasteiger partial charge in [-0.2, -0.15) is 0 Å². The zero-order valence-electron chi connectivity index (χ0n) is 37.4. The lowest BCUT2D eigenvalue weighted by Crippen LogP contribution is -2.30. The van der Waals surface area contributed by atoms with E-state index in [1.807, 2.05) is 0 Å². The SMILES string of the molecule is CCCCCCCCCCCCCCCCCCCC(=O)OC[C@H](COC(=O)CCCCCCCCCCCC)OC(=O)CCCCCCCCC(C)CC. The second kappa shape index (κ2) is 43.5. The number of carbonyl (C=O) groups is 3. The highest BCUT2D eigenvalue weighted by Crippen LogP contribution is 2.17. The van der Waals surface area contributed by atoms with Crippen molar-refractivity contribution in [2.75, 3.05) is 13.2 Å². The highest BCUT2D eigenvalue weighted by atomic mass is 16.6. The summed E-state index contributed by atoms with van der Waals surface area (Å²) in [6, 6.07) is 0. The molecule has 6 nitrogen and oxygen atoms in total. The van der Waals surface area contributed by atoms with Crippen LogP contribution in [0.25, 0.3) is 0 Å². The Bertz CT molecular complexity index is 828. The minimum absolute atomic E-state index is 0.0642. The summed E-state index contributed by atoms with van der Waals surface area (Å²) in [5, 5.41) is 0. The molecule has 0 amide bonds. The molecule has 55 heavy (non-hydrogen) atoms. The molecular weight excluding hydrogens is 685 g/mol. The van der Waals surface area contributed by atoms with Crippen molar-refractivity contribution in [3.63, 3.8) is 0 Å². The van der Waals surface area contributed by atoms with Crippen molar-refractivity contribution in [2.24, 2.45) is 5.92 Å². The molecule has 0 fully saturated rings. The second-order valence-electron chi connectivity index (χ2n) is 17.0. The first-order chi connectivity index (χ1) is 26.9. The normalized spacial score (nSPS) is 12.4. The molecule has 0 spiro atoms. The maximum atomic E-state index is 12.7. The zero-order valence-corrected chi connectivity index (χ0v) is 37.4. The fourth-order valence-corrected chi connectivity index (χ4v) is 7.30. The third kappa shape index (κ3) is 41.9. The number of ether oxygens (including phenoxy) is 3. The van der Waals surface area contributed by atoms with E-state index in [0.717, 1.165) is 63.7 Å². The Morgan fingerprint density at radius 1 is 0.364 bits per heavy atom. The van der Waals surface area contributed by atoms with Crippen LogP contribution in [-0.2, 0) is 28.6 Å². The van der Waals surface area contributed by atoms with E-state index in [1.165, 1.54) is 167 Å². The number of esters is 3. The monoisotopic (exact) mass is 779 g/mol. The van der Waals surface area contributed by atoms with Crippen LogP contribution in [0.2, 0.25) is 0 Å². The molecule has 0 aliphatic rings. The van der Waals surface area contributed by atoms with Gasteiger partial charge in [-0.05, 0) is 25.2 Å². The van der Waals surface area contributed by atoms with E-state index in [0.29, 0.717) is 19.3 Å². The molecule has 0 heterocycles. The predicted octanol–water partition coefficient (Wildman–Crippen LogP) is 15.5. The van der Waals surface area contributed by atoms with E-state index in [-0.39, 0.29) is 31.1 Å². The molecule has 2 atom stereocenters. The minimum atomic E-state index is -0.760. The molecule has 326 valence electrons. The first kappa shape index (κ1) is 53.4. The van der Waals surface area contributed by atoms with Crippen molar-refractivity contribution in [3.05, 3.63) is 0 Å². The Morgan fingerprint density at radius 3 is 0.945 bits per heavy atom. The fourth-order valence-electron chi connectivity index (χ4n) is 7.30. The van der Waals surface area contributed by atoms with Gasteiger partial charge < -0.3 is 14.2 Å². The molecule has 0 N–H and O–H groups in total. The summed E-state index contributed by atoms with van der Waals surface area (Å²) < 4.78 is 16.7. The Morgan fingerprint density at radius 2 is 0.636 bits per heavy atom. The molecule has 0 aromatic heterocycles. The Kier molecular flexibility index (Phi) is 42.3. The van der Waals surface area contributed by atoms with Crippen molar-refractivity contribution in [2.45, 2.75) is 278 Å². The summed E-state index contributed by atoms with van der Waals surface area (Å²) >= 11 is 0. The topological polar surface area (TPSA) is 78.9 Å². The Labute approximate surface area is 342 Å². The van der Waals surface area contributed by atoms with Crippen LogP contribution in [0.4, 0.5) is 0 Å². The smallest absolute Gasteiger partial charge is 0.306 e. The lowest BCUT2D eigenvalue weighted by Gasteiger charge is -2.18. The van der Waals surface area contributed by atoms with Crippen LogP contribution in [0.5, 0.6) is 0 Å². The number of hydrogen-bond acceptors (Lipinski definition) is 6. The molecule has 0 rings (SSSR count). The molecule has 0 aliphatic heterocycles. The maximum Gasteiger partial charge on any atom is 0.306 e. The molecular formula is C49H94O6. The van der Waals surface area contributed by atoms with Gasteiger partial charge >= 0.3 is 17.9 Å². The van der Waals surface area contributed by atoms with Crippen LogP contribution in [0.3, 0.4) is 0 Å². The third-order valence-corrected chi connectivity index (χ3v) is 11.4. The summed E-state index contributed by atoms with van der Waals surface area (Å²) in [5.74, 6) is -0.0443. The molecule has 0 aromatic carbocycles. The first-order valence-electron chi connectivity index (χ1n) is 24.4. The number of unbranched alkanes of at least 4 members (excludes halogenated alkanes) is 30. The van der Waals surface area contributed by atoms with Crippen molar-refractivity contribution >= 4 is 17.9 Å². The quantitative estimate of drug-likeness (QED) is 0.0348. The lowest BCUT2D eigenvalue weighted by atomic mass is 10.00. The van der Waals surface area contributed by atoms with Gasteiger partial charge in [0.25, 0.3) is 0 Å². The summed E-state index contributed by atoms with van der Waals surface area (Å²) in [4.78, 5) is 37.7. The zero-order chi connectivity index (χ0) is 40.3. The van der Waals surface area contributed by atoms with Gasteiger partial charge in [0.05, 0.1) is 0 Å². The molecule has 0 aromatic rings. The molecule has 1 unspecified atom stereocenters. The lowest BCUT2D eigenvalue weighted by molar-refractivity contribution is -0.167. The van der Waals surface area contributed by atoms with Gasteiger partial charge in [0.2, 0.25) is 0 Å². The molecule has 0 bridgehead atoms. The summed E-state index contributed by atoms with van der Waals surface area (Å²) in [5.41, 5.74) is 0. The van der Waals surface area contributed by atoms with Crippen molar-refractivity contribution in [1.82, 2.24) is 0 Å². The van der Waals surface area contributed by atoms with Crippen LogP contribution >= 0.6 is 0 Å². The molecule has 0 radical (unpaired) electrons. The summed E-state index contributed by atoms with van der Waals surface area (Å²) in [6.45, 7) is 8.97. The van der Waals surface area contributed by atoms with E-state index in [2.05, 4.69) is 27.7 Å². The molecule has 6 heteroatoms. The number of rotatable bonds is 44. The van der Waals surface area contributed by atoms with Gasteiger partial charge in [-0.15, -0.1) is 0 Å². The summed E-state index contributed by atoms with van der Waals surface area (Å²) in [7, 11) is 0. The minimum Gasteiger partial charge on any atom is -0.462 e. The highest BCUT2D eigenvalue weighted by Gasteiger charge is 2.19. The number of carbonyl (C=O) groups excluding carboxylic acids is 3. The van der Waals surface area contributed by atoms with Gasteiger partial charge in [0.15, 0.2) is 6.10 Å². The molecule has 0 aliphatic carbocycles. The van der Waals surface area contributed by atoms with Crippen molar-refractivity contribution in [3.8, 4) is 0 Å². The Balaban J connectivity index is 4.25. The average Bonchev–Trinajstić information content (AvgIpc) is 3.18. The van der Waals surface area contributed by atoms with Crippen LogP contribution in [0.1, 0.15) is 272 Å². The van der Waals surface area contributed by atoms with Gasteiger partial charge in [0, 0.05) is 19.3 Å². The van der Waals surface area contributed by atoms with E-state index < -0.39 is 6.10 Å². The first-order valence-corrected chi connectivity index (χ1v) is 24.4. The van der Waals surface area contributed by atoms with Gasteiger partial charge in [-0.25, -0.2) is 0 Å². The summed E-state index contributed by atoms with van der Waals surface area (Å²) in [6.07, 6.45) is 43.8. The third-order valence-electron chi connectivity index (χ3n) is 11.4. The average molecular weight is 779 g/mol. The molecule has 0 saturated heterocycles. The predicted molar refractivity (Wildman–Crippen MR) is 233 cm³/mol. The van der Waals surface area contributed by atoms with Crippen molar-refractivity contribution < 1.29 is 28.6 Å². The van der Waals surface area contributed by atoms with E-state index in [9.17, 15) is 14.4 Å². The highest BCUT2D eigenvalue weighted by molar-refractivity contribution is 5.71. The second-order valence-corrected chi connectivity index (χ2v) is 17.0. The largest absolute Gasteiger partial charge is 0.462 e. The fraction of sp³-hybridized carbons (Fsp3) is 0.939. The Hall–Kier alpha value is -1.59. The van der Waals surface area contributed by atoms with Crippen LogP contribution in [0, 0.1) is 5.92 Å². The standard InChI is InChI=1S/C49H94O6/c1-5-8-10-12-14-16-18-19-20-21-22-23-24-26-28-33-37-41-48(51)54-44-46(55-49(52)42-38-34-30-29-31-35-39-45(4)7-3)43-53-47(50)40-36-32-27-25-17-15-13-11-9-6-2/h45-46H,5-44H2,1-4H3/t45?,46-/m0/s1. The van der Waals surface area contributed by atoms with Crippen LogP contribution in [-0.4, -0.2) is 37.2 Å².